The predicted molar refractivity (Wildman–Crippen MR) is 58.8 cm³/mol. The van der Waals surface area contributed by atoms with Gasteiger partial charge < -0.3 is 18.9 Å². The van der Waals surface area contributed by atoms with Crippen molar-refractivity contribution in [3.8, 4) is 0 Å². The van der Waals surface area contributed by atoms with E-state index in [4.69, 9.17) is 18.9 Å². The summed E-state index contributed by atoms with van der Waals surface area (Å²) >= 11 is 0. The molecule has 0 aliphatic heterocycles. The summed E-state index contributed by atoms with van der Waals surface area (Å²) in [6.45, 7) is 9.29. The fraction of sp³-hybridized carbons (Fsp3) is 0.727. The Morgan fingerprint density at radius 2 is 1.75 bits per heavy atom. The fourth-order valence-electron chi connectivity index (χ4n) is 1.06. The summed E-state index contributed by atoms with van der Waals surface area (Å²) in [5.74, 6) is -2.05. The zero-order chi connectivity index (χ0) is 12.6. The Morgan fingerprint density at radius 3 is 2.06 bits per heavy atom. The molecule has 0 atom stereocenters. The van der Waals surface area contributed by atoms with Crippen molar-refractivity contribution in [3.63, 3.8) is 0 Å². The van der Waals surface area contributed by atoms with Gasteiger partial charge in [-0.3, -0.25) is 0 Å². The number of hydrogen-bond donors (Lipinski definition) is 0. The van der Waals surface area contributed by atoms with E-state index in [1.165, 1.54) is 7.11 Å². The molecule has 0 amide bonds. The minimum absolute atomic E-state index is 0.00764. The van der Waals surface area contributed by atoms with Gasteiger partial charge in [0.05, 0.1) is 13.2 Å². The van der Waals surface area contributed by atoms with Gasteiger partial charge in [0.1, 0.15) is 6.61 Å². The number of rotatable bonds is 8. The first-order valence-corrected chi connectivity index (χ1v) is 5.17. The quantitative estimate of drug-likeness (QED) is 0.360. The van der Waals surface area contributed by atoms with Crippen molar-refractivity contribution in [2.75, 3.05) is 26.9 Å². The van der Waals surface area contributed by atoms with E-state index in [1.807, 2.05) is 0 Å². The Bertz CT molecular complexity index is 220. The molecule has 0 radical (unpaired) electrons. The van der Waals surface area contributed by atoms with Crippen molar-refractivity contribution in [1.29, 1.82) is 0 Å². The maximum absolute atomic E-state index is 11.4. The monoisotopic (exact) mass is 232 g/mol. The van der Waals surface area contributed by atoms with Crippen molar-refractivity contribution in [2.45, 2.75) is 26.7 Å². The predicted octanol–water partition coefficient (Wildman–Crippen LogP) is 1.48. The molecule has 94 valence electrons. The van der Waals surface area contributed by atoms with Crippen molar-refractivity contribution < 1.29 is 23.7 Å². The van der Waals surface area contributed by atoms with Gasteiger partial charge in [0, 0.05) is 12.7 Å². The summed E-state index contributed by atoms with van der Waals surface area (Å²) in [5, 5.41) is 0. The van der Waals surface area contributed by atoms with E-state index in [-0.39, 0.29) is 12.2 Å². The molecule has 0 unspecified atom stereocenters. The molecule has 0 aromatic carbocycles. The van der Waals surface area contributed by atoms with E-state index >= 15 is 0 Å². The first-order valence-electron chi connectivity index (χ1n) is 5.17. The number of carbonyl (C=O) groups is 1. The molecule has 0 fully saturated rings. The minimum atomic E-state index is -1.48. The van der Waals surface area contributed by atoms with Gasteiger partial charge in [-0.1, -0.05) is 6.58 Å². The molecule has 0 N–H and O–H groups in total. The summed E-state index contributed by atoms with van der Waals surface area (Å²) < 4.78 is 20.6. The van der Waals surface area contributed by atoms with Crippen LogP contribution in [0.5, 0.6) is 0 Å². The number of esters is 1. The van der Waals surface area contributed by atoms with Gasteiger partial charge in [0.15, 0.2) is 0 Å². The van der Waals surface area contributed by atoms with E-state index in [9.17, 15) is 4.79 Å². The Morgan fingerprint density at radius 1 is 1.25 bits per heavy atom. The second-order valence-corrected chi connectivity index (χ2v) is 3.15. The van der Waals surface area contributed by atoms with Crippen LogP contribution in [0.1, 0.15) is 20.8 Å². The molecule has 5 nitrogen and oxygen atoms in total. The Kier molecular flexibility index (Phi) is 6.96. The molecule has 0 aliphatic carbocycles. The van der Waals surface area contributed by atoms with E-state index in [1.54, 1.807) is 20.8 Å². The van der Waals surface area contributed by atoms with Crippen LogP contribution in [-0.2, 0) is 23.7 Å². The zero-order valence-corrected chi connectivity index (χ0v) is 10.4. The molecule has 0 aromatic heterocycles. The van der Waals surface area contributed by atoms with Gasteiger partial charge in [-0.05, 0) is 20.8 Å². The SMILES string of the molecule is C=C(C)C(=O)OC(COC)(OCC)OCC. The number of hydrogen-bond acceptors (Lipinski definition) is 5. The van der Waals surface area contributed by atoms with Crippen LogP contribution in [0.15, 0.2) is 12.2 Å². The summed E-state index contributed by atoms with van der Waals surface area (Å²) in [7, 11) is 1.47. The minimum Gasteiger partial charge on any atom is -0.402 e. The van der Waals surface area contributed by atoms with E-state index in [0.717, 1.165) is 0 Å². The smallest absolute Gasteiger partial charge is 0.354 e. The third-order valence-corrected chi connectivity index (χ3v) is 1.65. The molecule has 0 bridgehead atoms. The van der Waals surface area contributed by atoms with Crippen LogP contribution in [0, 0.1) is 0 Å². The van der Waals surface area contributed by atoms with E-state index < -0.39 is 11.9 Å². The first kappa shape index (κ1) is 15.1. The summed E-state index contributed by atoms with van der Waals surface area (Å²) in [6.07, 6.45) is 0. The normalized spacial score (nSPS) is 11.2. The molecular weight excluding hydrogens is 212 g/mol. The molecule has 0 aromatic rings. The molecular formula is C11H20O5. The van der Waals surface area contributed by atoms with Crippen molar-refractivity contribution in [2.24, 2.45) is 0 Å². The van der Waals surface area contributed by atoms with Crippen LogP contribution in [0.4, 0.5) is 0 Å². The van der Waals surface area contributed by atoms with Gasteiger partial charge in [-0.25, -0.2) is 4.79 Å². The highest BCUT2D eigenvalue weighted by atomic mass is 16.9. The Balaban J connectivity index is 4.71. The molecule has 16 heavy (non-hydrogen) atoms. The third-order valence-electron chi connectivity index (χ3n) is 1.65. The van der Waals surface area contributed by atoms with Crippen molar-refractivity contribution in [1.82, 2.24) is 0 Å². The fourth-order valence-corrected chi connectivity index (χ4v) is 1.06. The highest BCUT2D eigenvalue weighted by Gasteiger charge is 2.36. The molecule has 0 heterocycles. The van der Waals surface area contributed by atoms with Crippen LogP contribution in [-0.4, -0.2) is 38.9 Å². The summed E-state index contributed by atoms with van der Waals surface area (Å²) in [6, 6.07) is 0. The number of carbonyl (C=O) groups excluding carboxylic acids is 1. The first-order chi connectivity index (χ1) is 7.51. The summed E-state index contributed by atoms with van der Waals surface area (Å²) in [5.41, 5.74) is 0.278. The van der Waals surface area contributed by atoms with Crippen LogP contribution in [0.2, 0.25) is 0 Å². The van der Waals surface area contributed by atoms with Crippen LogP contribution in [0.3, 0.4) is 0 Å². The molecule has 0 spiro atoms. The lowest BCUT2D eigenvalue weighted by Crippen LogP contribution is -2.45. The largest absolute Gasteiger partial charge is 0.402 e. The third kappa shape index (κ3) is 4.74. The zero-order valence-electron chi connectivity index (χ0n) is 10.4. The highest BCUT2D eigenvalue weighted by molar-refractivity contribution is 5.87. The van der Waals surface area contributed by atoms with E-state index in [0.29, 0.717) is 13.2 Å². The van der Waals surface area contributed by atoms with Crippen LogP contribution >= 0.6 is 0 Å². The van der Waals surface area contributed by atoms with Crippen LogP contribution in [0.25, 0.3) is 0 Å². The van der Waals surface area contributed by atoms with Crippen molar-refractivity contribution >= 4 is 5.97 Å². The summed E-state index contributed by atoms with van der Waals surface area (Å²) in [4.78, 5) is 11.4. The lowest BCUT2D eigenvalue weighted by atomic mass is 10.3. The highest BCUT2D eigenvalue weighted by Crippen LogP contribution is 2.18. The standard InChI is InChI=1S/C11H20O5/c1-6-14-11(8-13-5,15-7-2)16-10(12)9(3)4/h3,6-8H2,1-2,4-5H3. The Labute approximate surface area is 96.3 Å². The second kappa shape index (κ2) is 7.38. The van der Waals surface area contributed by atoms with Gasteiger partial charge in [0.25, 0.3) is 0 Å². The number of methoxy groups -OCH3 is 1. The maximum atomic E-state index is 11.4. The molecule has 0 rings (SSSR count). The average molecular weight is 232 g/mol. The van der Waals surface area contributed by atoms with Gasteiger partial charge in [-0.15, -0.1) is 0 Å². The lowest BCUT2D eigenvalue weighted by Gasteiger charge is -2.31. The maximum Gasteiger partial charge on any atom is 0.354 e. The van der Waals surface area contributed by atoms with Crippen molar-refractivity contribution in [3.05, 3.63) is 12.2 Å². The number of ether oxygens (including phenoxy) is 4. The molecule has 0 saturated carbocycles. The Hall–Kier alpha value is -0.910. The molecule has 0 aliphatic rings. The van der Waals surface area contributed by atoms with Gasteiger partial charge >= 0.3 is 11.9 Å². The lowest BCUT2D eigenvalue weighted by molar-refractivity contribution is -0.372. The van der Waals surface area contributed by atoms with Gasteiger partial charge in [0.2, 0.25) is 0 Å². The second-order valence-electron chi connectivity index (χ2n) is 3.15. The molecule has 0 saturated heterocycles. The van der Waals surface area contributed by atoms with E-state index in [2.05, 4.69) is 6.58 Å². The average Bonchev–Trinajstić information content (AvgIpc) is 2.18. The van der Waals surface area contributed by atoms with Gasteiger partial charge in [-0.2, -0.15) is 0 Å². The van der Waals surface area contributed by atoms with Crippen LogP contribution < -0.4 is 0 Å². The topological polar surface area (TPSA) is 54.0 Å². The molecule has 5 heteroatoms.